The number of carbonyl (C=O) groups is 2. The molecule has 6 nitrogen and oxygen atoms in total. The van der Waals surface area contributed by atoms with E-state index in [1.807, 2.05) is 30.3 Å². The van der Waals surface area contributed by atoms with Gasteiger partial charge in [0, 0.05) is 12.6 Å². The number of ether oxygens (including phenoxy) is 2. The Bertz CT molecular complexity index is 1260. The molecule has 4 rings (SSSR count). The number of carbonyl (C=O) groups excluding carboxylic acids is 2. The normalized spacial score (nSPS) is 15.4. The van der Waals surface area contributed by atoms with Gasteiger partial charge in [-0.3, -0.25) is 9.59 Å². The van der Waals surface area contributed by atoms with Crippen LogP contribution in [0.3, 0.4) is 0 Å². The molecule has 2 atom stereocenters. The van der Waals surface area contributed by atoms with Gasteiger partial charge in [-0.2, -0.15) is 0 Å². The molecular weight excluding hydrogens is 483 g/mol. The molecule has 0 fully saturated rings. The monoisotopic (exact) mass is 516 g/mol. The minimum absolute atomic E-state index is 0.0792. The first kappa shape index (κ1) is 26.9. The Labute approximate surface area is 223 Å². The summed E-state index contributed by atoms with van der Waals surface area (Å²) in [6, 6.07) is 19.9. The molecule has 3 aromatic rings. The van der Waals surface area contributed by atoms with Gasteiger partial charge in [0.05, 0.1) is 26.3 Å². The Morgan fingerprint density at radius 3 is 2.39 bits per heavy atom. The second kappa shape index (κ2) is 12.9. The van der Waals surface area contributed by atoms with Crippen LogP contribution in [-0.4, -0.2) is 37.0 Å². The number of rotatable bonds is 10. The zero-order chi connectivity index (χ0) is 26.9. The third-order valence-electron chi connectivity index (χ3n) is 6.81. The second-order valence-electron chi connectivity index (χ2n) is 9.36. The summed E-state index contributed by atoms with van der Waals surface area (Å²) < 4.78 is 24.4. The van der Waals surface area contributed by atoms with Gasteiger partial charge in [0.1, 0.15) is 23.4 Å². The molecule has 0 heterocycles. The summed E-state index contributed by atoms with van der Waals surface area (Å²) in [6.45, 7) is 0.185. The van der Waals surface area contributed by atoms with Crippen molar-refractivity contribution in [3.8, 4) is 11.5 Å². The molecule has 2 unspecified atom stereocenters. The first-order chi connectivity index (χ1) is 18.5. The van der Waals surface area contributed by atoms with E-state index in [0.29, 0.717) is 23.6 Å². The van der Waals surface area contributed by atoms with E-state index in [4.69, 9.17) is 9.47 Å². The van der Waals surface area contributed by atoms with E-state index < -0.39 is 6.04 Å². The van der Waals surface area contributed by atoms with Crippen molar-refractivity contribution in [3.05, 3.63) is 102 Å². The number of hydrogen-bond donors (Lipinski definition) is 1. The lowest BCUT2D eigenvalue weighted by Crippen LogP contribution is -2.51. The van der Waals surface area contributed by atoms with Crippen molar-refractivity contribution >= 4 is 17.5 Å². The van der Waals surface area contributed by atoms with Gasteiger partial charge in [-0.25, -0.2) is 4.39 Å². The Kier molecular flexibility index (Phi) is 9.14. The Morgan fingerprint density at radius 2 is 1.74 bits per heavy atom. The van der Waals surface area contributed by atoms with Crippen LogP contribution in [0.25, 0.3) is 0 Å². The first-order valence-electron chi connectivity index (χ1n) is 12.7. The summed E-state index contributed by atoms with van der Waals surface area (Å²) in [4.78, 5) is 29.5. The molecule has 198 valence electrons. The van der Waals surface area contributed by atoms with E-state index >= 15 is 0 Å². The van der Waals surface area contributed by atoms with Crippen molar-refractivity contribution in [2.24, 2.45) is 5.92 Å². The van der Waals surface area contributed by atoms with Crippen LogP contribution in [0, 0.1) is 11.7 Å². The molecule has 0 radical (unpaired) electrons. The minimum atomic E-state index is -0.743. The van der Waals surface area contributed by atoms with Crippen molar-refractivity contribution in [3.63, 3.8) is 0 Å². The molecule has 1 N–H and O–H groups in total. The van der Waals surface area contributed by atoms with Crippen LogP contribution in [0.1, 0.15) is 30.4 Å². The number of allylic oxidation sites excluding steroid dienone is 2. The van der Waals surface area contributed by atoms with Crippen molar-refractivity contribution in [1.82, 2.24) is 4.90 Å². The van der Waals surface area contributed by atoms with Crippen LogP contribution >= 0.6 is 0 Å². The van der Waals surface area contributed by atoms with Gasteiger partial charge in [0.2, 0.25) is 11.8 Å². The summed E-state index contributed by atoms with van der Waals surface area (Å²) >= 11 is 0. The fraction of sp³-hybridized carbons (Fsp3) is 0.290. The molecule has 2 amide bonds. The molecule has 0 bridgehead atoms. The summed E-state index contributed by atoms with van der Waals surface area (Å²) in [5.41, 5.74) is 2.10. The van der Waals surface area contributed by atoms with Gasteiger partial charge in [-0.15, -0.1) is 0 Å². The third kappa shape index (κ3) is 6.79. The average molecular weight is 517 g/mol. The summed E-state index contributed by atoms with van der Waals surface area (Å²) in [6.07, 6.45) is 6.61. The second-order valence-corrected chi connectivity index (χ2v) is 9.36. The summed E-state index contributed by atoms with van der Waals surface area (Å²) in [7, 11) is 3.09. The molecule has 0 aliphatic heterocycles. The zero-order valence-corrected chi connectivity index (χ0v) is 21.7. The topological polar surface area (TPSA) is 67.9 Å². The van der Waals surface area contributed by atoms with E-state index in [9.17, 15) is 14.0 Å². The largest absolute Gasteiger partial charge is 0.497 e. The van der Waals surface area contributed by atoms with Crippen LogP contribution in [-0.2, 0) is 22.6 Å². The highest BCUT2D eigenvalue weighted by molar-refractivity contribution is 5.98. The number of anilines is 1. The van der Waals surface area contributed by atoms with Crippen LogP contribution in [0.15, 0.2) is 84.9 Å². The lowest BCUT2D eigenvalue weighted by molar-refractivity contribution is -0.141. The van der Waals surface area contributed by atoms with Gasteiger partial charge in [0.25, 0.3) is 0 Å². The maximum Gasteiger partial charge on any atom is 0.247 e. The van der Waals surface area contributed by atoms with Crippen LogP contribution in [0.5, 0.6) is 11.5 Å². The maximum absolute atomic E-state index is 14.0. The predicted molar refractivity (Wildman–Crippen MR) is 146 cm³/mol. The van der Waals surface area contributed by atoms with E-state index in [0.717, 1.165) is 24.0 Å². The third-order valence-corrected chi connectivity index (χ3v) is 6.81. The zero-order valence-electron chi connectivity index (χ0n) is 21.7. The highest BCUT2D eigenvalue weighted by atomic mass is 19.1. The number of benzene rings is 3. The van der Waals surface area contributed by atoms with Crippen molar-refractivity contribution in [2.75, 3.05) is 19.5 Å². The minimum Gasteiger partial charge on any atom is -0.497 e. The van der Waals surface area contributed by atoms with Crippen molar-refractivity contribution in [2.45, 2.75) is 38.3 Å². The van der Waals surface area contributed by atoms with Gasteiger partial charge in [-0.1, -0.05) is 54.6 Å². The predicted octanol–water partition coefficient (Wildman–Crippen LogP) is 5.78. The van der Waals surface area contributed by atoms with Gasteiger partial charge in [-0.05, 0) is 60.6 Å². The Hall–Kier alpha value is -4.13. The SMILES string of the molecule is COc1ccc(NC(=O)C(C2CC=CCC2)N(Cc2ccc(F)cc2)C(=O)Cc2ccccc2)c(OC)c1. The molecule has 1 aliphatic carbocycles. The van der Waals surface area contributed by atoms with Crippen LogP contribution in [0.2, 0.25) is 0 Å². The maximum atomic E-state index is 14.0. The number of hydrogen-bond acceptors (Lipinski definition) is 4. The van der Waals surface area contributed by atoms with E-state index in [1.54, 1.807) is 42.3 Å². The van der Waals surface area contributed by atoms with Crippen LogP contribution < -0.4 is 14.8 Å². The van der Waals surface area contributed by atoms with Crippen molar-refractivity contribution < 1.29 is 23.5 Å². The number of nitrogens with zero attached hydrogens (tertiary/aromatic N) is 1. The summed E-state index contributed by atoms with van der Waals surface area (Å²) in [5.74, 6) is 0.165. The number of halogens is 1. The lowest BCUT2D eigenvalue weighted by Gasteiger charge is -2.37. The smallest absolute Gasteiger partial charge is 0.247 e. The fourth-order valence-electron chi connectivity index (χ4n) is 4.82. The van der Waals surface area contributed by atoms with E-state index in [1.165, 1.54) is 19.2 Å². The fourth-order valence-corrected chi connectivity index (χ4v) is 4.82. The summed E-state index contributed by atoms with van der Waals surface area (Å²) in [5, 5.41) is 3.01. The average Bonchev–Trinajstić information content (AvgIpc) is 2.95. The van der Waals surface area contributed by atoms with Gasteiger partial charge in [0.15, 0.2) is 0 Å². The molecule has 1 aliphatic rings. The molecule has 0 aromatic heterocycles. The highest BCUT2D eigenvalue weighted by Crippen LogP contribution is 2.32. The Balaban J connectivity index is 1.70. The van der Waals surface area contributed by atoms with E-state index in [-0.39, 0.29) is 36.5 Å². The number of amides is 2. The molecule has 0 spiro atoms. The molecule has 0 saturated heterocycles. The molecule has 38 heavy (non-hydrogen) atoms. The quantitative estimate of drug-likeness (QED) is 0.347. The van der Waals surface area contributed by atoms with E-state index in [2.05, 4.69) is 17.5 Å². The standard InChI is InChI=1S/C31H33FN2O4/c1-37-26-17-18-27(28(20-26)38-2)33-31(36)30(24-11-7-4-8-12-24)34(21-23-13-15-25(32)16-14-23)29(35)19-22-9-5-3-6-10-22/h3-7,9-10,13-18,20,24,30H,8,11-12,19,21H2,1-2H3,(H,33,36). The van der Waals surface area contributed by atoms with Gasteiger partial charge < -0.3 is 19.7 Å². The molecule has 0 saturated carbocycles. The Morgan fingerprint density at radius 1 is 0.974 bits per heavy atom. The molecule has 7 heteroatoms. The highest BCUT2D eigenvalue weighted by Gasteiger charge is 2.37. The molecular formula is C31H33FN2O4. The first-order valence-corrected chi connectivity index (χ1v) is 12.7. The van der Waals surface area contributed by atoms with Crippen molar-refractivity contribution in [1.29, 1.82) is 0 Å². The lowest BCUT2D eigenvalue weighted by atomic mass is 9.85. The number of nitrogens with one attached hydrogen (secondary N) is 1. The molecule has 3 aromatic carbocycles. The number of methoxy groups -OCH3 is 2. The van der Waals surface area contributed by atoms with Gasteiger partial charge >= 0.3 is 0 Å². The van der Waals surface area contributed by atoms with Crippen LogP contribution in [0.4, 0.5) is 10.1 Å².